The second-order valence-corrected chi connectivity index (χ2v) is 7.82. The molecule has 0 bridgehead atoms. The molecule has 0 saturated carbocycles. The highest BCUT2D eigenvalue weighted by atomic mass is 16.5. The number of nitrogens with zero attached hydrogens (tertiary/aromatic N) is 3. The highest BCUT2D eigenvalue weighted by Gasteiger charge is 2.15. The Balaban J connectivity index is 1.59. The van der Waals surface area contributed by atoms with Gasteiger partial charge in [-0.25, -0.2) is 9.89 Å². The number of phenols is 1. The van der Waals surface area contributed by atoms with Crippen molar-refractivity contribution in [2.24, 2.45) is 0 Å². The molecule has 1 aliphatic rings. The number of nitrogens with one attached hydrogen (secondary N) is 2. The molecule has 1 fully saturated rings. The lowest BCUT2D eigenvalue weighted by atomic mass is 9.99. The molecule has 0 amide bonds. The first kappa shape index (κ1) is 20.2. The quantitative estimate of drug-likeness (QED) is 0.580. The van der Waals surface area contributed by atoms with E-state index in [2.05, 4.69) is 26.6 Å². The number of rotatable bonds is 6. The Morgan fingerprint density at radius 2 is 2.00 bits per heavy atom. The molecule has 0 aliphatic carbocycles. The van der Waals surface area contributed by atoms with E-state index in [9.17, 15) is 9.90 Å². The molecule has 4 rings (SSSR count). The number of hydrogen-bond donors (Lipinski definition) is 3. The lowest BCUT2D eigenvalue weighted by molar-refractivity contribution is 0.0342. The van der Waals surface area contributed by atoms with Crippen molar-refractivity contribution in [1.29, 1.82) is 0 Å². The van der Waals surface area contributed by atoms with E-state index in [0.717, 1.165) is 55.2 Å². The van der Waals surface area contributed by atoms with E-state index >= 15 is 0 Å². The average Bonchev–Trinajstić information content (AvgIpc) is 3.09. The Labute approximate surface area is 175 Å². The number of aromatic amines is 1. The predicted octanol–water partition coefficient (Wildman–Crippen LogP) is 2.77. The fraction of sp³-hybridized carbons (Fsp3) is 0.364. The molecule has 2 aromatic carbocycles. The SMILES string of the molecule is CC(C)c1cc(-c2n[nH]c(=O)n2Nc2cccc(CN3CCOCC3)c2)ccc1O. The molecule has 8 nitrogen and oxygen atoms in total. The molecule has 2 heterocycles. The Hall–Kier alpha value is -3.10. The van der Waals surface area contributed by atoms with Gasteiger partial charge in [-0.15, -0.1) is 0 Å². The molecular formula is C22H27N5O3. The van der Waals surface area contributed by atoms with Gasteiger partial charge in [-0.1, -0.05) is 26.0 Å². The van der Waals surface area contributed by atoms with Gasteiger partial charge in [-0.3, -0.25) is 10.3 Å². The monoisotopic (exact) mass is 409 g/mol. The molecule has 0 atom stereocenters. The molecule has 0 radical (unpaired) electrons. The molecule has 3 N–H and O–H groups in total. The van der Waals surface area contributed by atoms with E-state index in [1.165, 1.54) is 4.68 Å². The normalized spacial score (nSPS) is 14.9. The fourth-order valence-corrected chi connectivity index (χ4v) is 3.64. The van der Waals surface area contributed by atoms with Gasteiger partial charge in [0.1, 0.15) is 5.75 Å². The second kappa shape index (κ2) is 8.73. The largest absolute Gasteiger partial charge is 0.508 e. The van der Waals surface area contributed by atoms with Crippen LogP contribution < -0.4 is 11.1 Å². The zero-order chi connectivity index (χ0) is 21.1. The summed E-state index contributed by atoms with van der Waals surface area (Å²) in [6.07, 6.45) is 0. The number of aromatic hydroxyl groups is 1. The van der Waals surface area contributed by atoms with Crippen LogP contribution in [0.15, 0.2) is 47.3 Å². The van der Waals surface area contributed by atoms with Gasteiger partial charge in [0.2, 0.25) is 0 Å². The van der Waals surface area contributed by atoms with Crippen LogP contribution in [0.2, 0.25) is 0 Å². The zero-order valence-electron chi connectivity index (χ0n) is 17.3. The van der Waals surface area contributed by atoms with Crippen LogP contribution in [0.3, 0.4) is 0 Å². The Bertz CT molecular complexity index is 1070. The first-order valence-corrected chi connectivity index (χ1v) is 10.2. The van der Waals surface area contributed by atoms with E-state index in [0.29, 0.717) is 5.82 Å². The molecule has 158 valence electrons. The minimum Gasteiger partial charge on any atom is -0.508 e. The van der Waals surface area contributed by atoms with E-state index in [-0.39, 0.29) is 17.4 Å². The van der Waals surface area contributed by atoms with Crippen molar-refractivity contribution in [1.82, 2.24) is 19.8 Å². The van der Waals surface area contributed by atoms with Crippen molar-refractivity contribution in [3.63, 3.8) is 0 Å². The maximum Gasteiger partial charge on any atom is 0.362 e. The second-order valence-electron chi connectivity index (χ2n) is 7.82. The number of ether oxygens (including phenoxy) is 1. The van der Waals surface area contributed by atoms with E-state index < -0.39 is 0 Å². The van der Waals surface area contributed by atoms with Crippen LogP contribution in [0.25, 0.3) is 11.4 Å². The Morgan fingerprint density at radius 1 is 1.20 bits per heavy atom. The zero-order valence-corrected chi connectivity index (χ0v) is 17.3. The van der Waals surface area contributed by atoms with Crippen molar-refractivity contribution in [2.45, 2.75) is 26.3 Å². The van der Waals surface area contributed by atoms with Crippen LogP contribution >= 0.6 is 0 Å². The summed E-state index contributed by atoms with van der Waals surface area (Å²) in [5.74, 6) is 0.844. The number of H-pyrrole nitrogens is 1. The van der Waals surface area contributed by atoms with Crippen LogP contribution in [-0.2, 0) is 11.3 Å². The molecule has 1 aliphatic heterocycles. The van der Waals surface area contributed by atoms with Gasteiger partial charge in [-0.2, -0.15) is 9.77 Å². The summed E-state index contributed by atoms with van der Waals surface area (Å²) in [6, 6.07) is 13.3. The first-order valence-electron chi connectivity index (χ1n) is 10.2. The lowest BCUT2D eigenvalue weighted by Gasteiger charge is -2.26. The standard InChI is InChI=1S/C22H27N5O3/c1-15(2)19-13-17(6-7-20(19)28)21-23-24-22(29)27(21)25-18-5-3-4-16(12-18)14-26-8-10-30-11-9-26/h3-7,12-13,15,25,28H,8-11,14H2,1-2H3,(H,24,29). The number of phenolic OH excluding ortho intramolecular Hbond substituents is 1. The molecule has 0 unspecified atom stereocenters. The van der Waals surface area contributed by atoms with Crippen LogP contribution in [-0.4, -0.2) is 51.2 Å². The highest BCUT2D eigenvalue weighted by Crippen LogP contribution is 2.29. The Kier molecular flexibility index (Phi) is 5.87. The van der Waals surface area contributed by atoms with E-state index in [1.807, 2.05) is 38.1 Å². The highest BCUT2D eigenvalue weighted by molar-refractivity contribution is 5.60. The van der Waals surface area contributed by atoms with Crippen molar-refractivity contribution < 1.29 is 9.84 Å². The predicted molar refractivity (Wildman–Crippen MR) is 116 cm³/mol. The Morgan fingerprint density at radius 3 is 2.77 bits per heavy atom. The first-order chi connectivity index (χ1) is 14.5. The van der Waals surface area contributed by atoms with Crippen molar-refractivity contribution in [3.05, 3.63) is 64.1 Å². The number of benzene rings is 2. The summed E-state index contributed by atoms with van der Waals surface area (Å²) in [5.41, 5.74) is 6.31. The third-order valence-electron chi connectivity index (χ3n) is 5.26. The van der Waals surface area contributed by atoms with Gasteiger partial charge in [0.25, 0.3) is 0 Å². The number of morpholine rings is 1. The molecule has 3 aromatic rings. The van der Waals surface area contributed by atoms with Gasteiger partial charge < -0.3 is 9.84 Å². The summed E-state index contributed by atoms with van der Waals surface area (Å²) < 4.78 is 6.81. The molecular weight excluding hydrogens is 382 g/mol. The van der Waals surface area contributed by atoms with Gasteiger partial charge in [0.15, 0.2) is 5.82 Å². The molecule has 8 heteroatoms. The van der Waals surface area contributed by atoms with Gasteiger partial charge in [0.05, 0.1) is 18.9 Å². The lowest BCUT2D eigenvalue weighted by Crippen LogP contribution is -2.35. The van der Waals surface area contributed by atoms with Gasteiger partial charge >= 0.3 is 5.69 Å². The maximum atomic E-state index is 12.4. The topological polar surface area (TPSA) is 95.4 Å². The molecule has 30 heavy (non-hydrogen) atoms. The summed E-state index contributed by atoms with van der Waals surface area (Å²) in [6.45, 7) is 8.21. The van der Waals surface area contributed by atoms with Crippen LogP contribution in [0, 0.1) is 0 Å². The van der Waals surface area contributed by atoms with Crippen molar-refractivity contribution in [2.75, 3.05) is 31.7 Å². The van der Waals surface area contributed by atoms with Gasteiger partial charge in [-0.05, 0) is 47.4 Å². The van der Waals surface area contributed by atoms with Crippen LogP contribution in [0.5, 0.6) is 5.75 Å². The third-order valence-corrected chi connectivity index (χ3v) is 5.26. The smallest absolute Gasteiger partial charge is 0.362 e. The maximum absolute atomic E-state index is 12.4. The van der Waals surface area contributed by atoms with Crippen LogP contribution in [0.4, 0.5) is 5.69 Å². The molecule has 1 saturated heterocycles. The number of hydrogen-bond acceptors (Lipinski definition) is 6. The third kappa shape index (κ3) is 4.39. The minimum atomic E-state index is -0.359. The summed E-state index contributed by atoms with van der Waals surface area (Å²) in [7, 11) is 0. The molecule has 1 aromatic heterocycles. The van der Waals surface area contributed by atoms with Crippen LogP contribution in [0.1, 0.15) is 30.9 Å². The number of aromatic nitrogens is 3. The fourth-order valence-electron chi connectivity index (χ4n) is 3.64. The molecule has 0 spiro atoms. The van der Waals surface area contributed by atoms with E-state index in [4.69, 9.17) is 4.74 Å². The van der Waals surface area contributed by atoms with Crippen molar-refractivity contribution >= 4 is 5.69 Å². The van der Waals surface area contributed by atoms with Gasteiger partial charge in [0, 0.05) is 25.2 Å². The summed E-state index contributed by atoms with van der Waals surface area (Å²) in [5, 5.41) is 16.8. The average molecular weight is 409 g/mol. The van der Waals surface area contributed by atoms with Crippen molar-refractivity contribution in [3.8, 4) is 17.1 Å². The summed E-state index contributed by atoms with van der Waals surface area (Å²) in [4.78, 5) is 14.8. The minimum absolute atomic E-state index is 0.147. The summed E-state index contributed by atoms with van der Waals surface area (Å²) >= 11 is 0. The number of anilines is 1. The van der Waals surface area contributed by atoms with E-state index in [1.54, 1.807) is 12.1 Å².